The van der Waals surface area contributed by atoms with Crippen LogP contribution < -0.4 is 5.73 Å². The van der Waals surface area contributed by atoms with E-state index < -0.39 is 0 Å². The highest BCUT2D eigenvalue weighted by Gasteiger charge is 2.43. The average Bonchev–Trinajstić information content (AvgIpc) is 3.10. The van der Waals surface area contributed by atoms with E-state index in [1.165, 1.54) is 55.6 Å². The van der Waals surface area contributed by atoms with Crippen molar-refractivity contribution in [3.05, 3.63) is 59.1 Å². The van der Waals surface area contributed by atoms with Crippen LogP contribution in [0.4, 0.5) is 4.39 Å². The van der Waals surface area contributed by atoms with Gasteiger partial charge < -0.3 is 15.5 Å². The molecule has 0 saturated heterocycles. The molecule has 3 nitrogen and oxygen atoms in total. The average molecular weight is 368 g/mol. The second-order valence-corrected chi connectivity index (χ2v) is 7.72. The number of ether oxygens (including phenoxy) is 1. The molecule has 2 aliphatic carbocycles. The molecule has 4 heteroatoms. The lowest BCUT2D eigenvalue weighted by molar-refractivity contribution is -0.0924. The van der Waals surface area contributed by atoms with Gasteiger partial charge in [0.25, 0.3) is 0 Å². The predicted octanol–water partition coefficient (Wildman–Crippen LogP) is 5.12. The van der Waals surface area contributed by atoms with E-state index in [2.05, 4.69) is 28.9 Å². The Bertz CT molecular complexity index is 872. The van der Waals surface area contributed by atoms with Gasteiger partial charge in [0.15, 0.2) is 0 Å². The SMILES string of the molecule is CN.Fc1ccc2[nH]c3c(c2c1)CCOC31CCC(C2=CCCC=C2)CC1. The van der Waals surface area contributed by atoms with Crippen LogP contribution in [-0.4, -0.2) is 18.6 Å². The highest BCUT2D eigenvalue weighted by atomic mass is 19.1. The van der Waals surface area contributed by atoms with Crippen LogP contribution in [0.5, 0.6) is 0 Å². The highest BCUT2D eigenvalue weighted by Crippen LogP contribution is 2.48. The zero-order chi connectivity index (χ0) is 18.9. The molecule has 1 fully saturated rings. The van der Waals surface area contributed by atoms with E-state index in [-0.39, 0.29) is 11.4 Å². The molecule has 0 unspecified atom stereocenters. The van der Waals surface area contributed by atoms with Crippen molar-refractivity contribution in [3.63, 3.8) is 0 Å². The highest BCUT2D eigenvalue weighted by molar-refractivity contribution is 5.85. The van der Waals surface area contributed by atoms with Crippen molar-refractivity contribution in [1.82, 2.24) is 4.98 Å². The van der Waals surface area contributed by atoms with Crippen LogP contribution in [0.1, 0.15) is 49.8 Å². The Labute approximate surface area is 160 Å². The quantitative estimate of drug-likeness (QED) is 0.734. The van der Waals surface area contributed by atoms with Gasteiger partial charge in [0.1, 0.15) is 11.4 Å². The Kier molecular flexibility index (Phi) is 5.20. The van der Waals surface area contributed by atoms with Crippen LogP contribution in [0.25, 0.3) is 10.9 Å². The fourth-order valence-corrected chi connectivity index (χ4v) is 5.04. The van der Waals surface area contributed by atoms with Crippen LogP contribution >= 0.6 is 0 Å². The minimum atomic E-state index is -0.196. The van der Waals surface area contributed by atoms with E-state index in [1.54, 1.807) is 6.07 Å². The van der Waals surface area contributed by atoms with Crippen LogP contribution in [0.2, 0.25) is 0 Å². The molecule has 144 valence electrons. The third-order valence-electron chi connectivity index (χ3n) is 6.34. The van der Waals surface area contributed by atoms with Crippen molar-refractivity contribution in [1.29, 1.82) is 0 Å². The number of halogens is 1. The maximum atomic E-state index is 13.7. The summed E-state index contributed by atoms with van der Waals surface area (Å²) in [4.78, 5) is 3.58. The van der Waals surface area contributed by atoms with E-state index >= 15 is 0 Å². The number of aromatic nitrogens is 1. The van der Waals surface area contributed by atoms with Gasteiger partial charge >= 0.3 is 0 Å². The first-order chi connectivity index (χ1) is 13.3. The summed E-state index contributed by atoms with van der Waals surface area (Å²) in [6, 6.07) is 5.07. The van der Waals surface area contributed by atoms with Gasteiger partial charge in [-0.3, -0.25) is 0 Å². The molecule has 1 saturated carbocycles. The lowest BCUT2D eigenvalue weighted by Gasteiger charge is -2.43. The first-order valence-electron chi connectivity index (χ1n) is 10.1. The largest absolute Gasteiger partial charge is 0.368 e. The van der Waals surface area contributed by atoms with Gasteiger partial charge in [-0.1, -0.05) is 18.2 Å². The number of H-pyrrole nitrogens is 1. The second-order valence-electron chi connectivity index (χ2n) is 7.72. The van der Waals surface area contributed by atoms with Gasteiger partial charge in [0.05, 0.1) is 12.3 Å². The zero-order valence-electron chi connectivity index (χ0n) is 16.1. The maximum absolute atomic E-state index is 13.7. The normalized spacial score (nSPS) is 27.1. The molecular formula is C23H29FN2O. The van der Waals surface area contributed by atoms with Crippen LogP contribution in [0.15, 0.2) is 42.0 Å². The molecule has 1 aliphatic heterocycles. The summed E-state index contributed by atoms with van der Waals surface area (Å²) >= 11 is 0. The summed E-state index contributed by atoms with van der Waals surface area (Å²) in [5.41, 5.74) is 9.35. The number of hydrogen-bond donors (Lipinski definition) is 2. The standard InChI is InChI=1S/C22H24FNO.CH5N/c23-17-6-7-20-19(14-17)18-10-13-25-22(21(18)24-20)11-8-16(9-12-22)15-4-2-1-3-5-15;1-2/h2,4-7,14,16,24H,1,3,8-13H2;2H2,1H3. The molecular weight excluding hydrogens is 339 g/mol. The van der Waals surface area contributed by atoms with Crippen molar-refractivity contribution in [2.24, 2.45) is 11.7 Å². The first-order valence-corrected chi connectivity index (χ1v) is 10.1. The van der Waals surface area contributed by atoms with E-state index in [0.29, 0.717) is 5.92 Å². The number of aromatic amines is 1. The number of fused-ring (bicyclic) bond motifs is 4. The summed E-state index contributed by atoms with van der Waals surface area (Å²) in [5.74, 6) is 0.507. The van der Waals surface area contributed by atoms with Gasteiger partial charge in [0.2, 0.25) is 0 Å². The monoisotopic (exact) mass is 368 g/mol. The number of nitrogens with two attached hydrogens (primary N) is 1. The Morgan fingerprint density at radius 3 is 2.74 bits per heavy atom. The zero-order valence-corrected chi connectivity index (χ0v) is 16.1. The summed E-state index contributed by atoms with van der Waals surface area (Å²) in [6.45, 7) is 0.740. The molecule has 2 heterocycles. The van der Waals surface area contributed by atoms with E-state index in [0.717, 1.165) is 36.8 Å². The van der Waals surface area contributed by atoms with Crippen molar-refractivity contribution in [2.45, 2.75) is 50.5 Å². The van der Waals surface area contributed by atoms with Crippen molar-refractivity contribution in [2.75, 3.05) is 13.7 Å². The predicted molar refractivity (Wildman–Crippen MR) is 108 cm³/mol. The van der Waals surface area contributed by atoms with Crippen LogP contribution in [0, 0.1) is 11.7 Å². The maximum Gasteiger partial charge on any atom is 0.123 e. The second kappa shape index (κ2) is 7.61. The summed E-state index contributed by atoms with van der Waals surface area (Å²) in [6.07, 6.45) is 14.7. The molecule has 2 aromatic rings. The third kappa shape index (κ3) is 3.26. The molecule has 3 N–H and O–H groups in total. The summed E-state index contributed by atoms with van der Waals surface area (Å²) in [7, 11) is 1.50. The molecule has 0 amide bonds. The Hall–Kier alpha value is -1.91. The Morgan fingerprint density at radius 2 is 2.00 bits per heavy atom. The first kappa shape index (κ1) is 18.5. The summed E-state index contributed by atoms with van der Waals surface area (Å²) in [5, 5.41) is 1.04. The molecule has 0 radical (unpaired) electrons. The molecule has 5 rings (SSSR count). The van der Waals surface area contributed by atoms with Gasteiger partial charge in [-0.2, -0.15) is 0 Å². The minimum Gasteiger partial charge on any atom is -0.368 e. The van der Waals surface area contributed by atoms with Crippen molar-refractivity contribution in [3.8, 4) is 0 Å². The van der Waals surface area contributed by atoms with E-state index in [4.69, 9.17) is 4.74 Å². The number of allylic oxidation sites excluding steroid dienone is 4. The van der Waals surface area contributed by atoms with Crippen molar-refractivity contribution < 1.29 is 9.13 Å². The molecule has 1 aromatic heterocycles. The lowest BCUT2D eigenvalue weighted by atomic mass is 9.72. The molecule has 1 spiro atoms. The molecule has 0 atom stereocenters. The topological polar surface area (TPSA) is 51.0 Å². The van der Waals surface area contributed by atoms with Crippen molar-refractivity contribution >= 4 is 10.9 Å². The Balaban J connectivity index is 0.000000872. The minimum absolute atomic E-state index is 0.158. The van der Waals surface area contributed by atoms with Crippen LogP contribution in [0.3, 0.4) is 0 Å². The number of rotatable bonds is 1. The number of benzene rings is 1. The number of hydrogen-bond acceptors (Lipinski definition) is 2. The van der Waals surface area contributed by atoms with Gasteiger partial charge in [-0.05, 0) is 87.2 Å². The molecule has 0 bridgehead atoms. The summed E-state index contributed by atoms with van der Waals surface area (Å²) < 4.78 is 20.1. The Morgan fingerprint density at radius 1 is 1.19 bits per heavy atom. The van der Waals surface area contributed by atoms with Gasteiger partial charge in [-0.25, -0.2) is 4.39 Å². The van der Waals surface area contributed by atoms with Gasteiger partial charge in [0, 0.05) is 10.9 Å². The molecule has 1 aromatic carbocycles. The van der Waals surface area contributed by atoms with Gasteiger partial charge in [-0.15, -0.1) is 0 Å². The molecule has 3 aliphatic rings. The van der Waals surface area contributed by atoms with E-state index in [1.807, 2.05) is 6.07 Å². The van der Waals surface area contributed by atoms with Crippen LogP contribution in [-0.2, 0) is 16.8 Å². The molecule has 27 heavy (non-hydrogen) atoms. The lowest BCUT2D eigenvalue weighted by Crippen LogP contribution is -2.39. The number of nitrogens with one attached hydrogen (secondary N) is 1. The fraction of sp³-hybridized carbons (Fsp3) is 0.478. The third-order valence-corrected chi connectivity index (χ3v) is 6.34. The fourth-order valence-electron chi connectivity index (χ4n) is 5.04. The van der Waals surface area contributed by atoms with E-state index in [9.17, 15) is 4.39 Å². The smallest absolute Gasteiger partial charge is 0.123 e.